The molecule has 5 nitrogen and oxygen atoms in total. The summed E-state index contributed by atoms with van der Waals surface area (Å²) in [6.07, 6.45) is 3.49. The van der Waals surface area contributed by atoms with Crippen LogP contribution < -0.4 is 10.6 Å². The summed E-state index contributed by atoms with van der Waals surface area (Å²) in [5.41, 5.74) is 3.69. The van der Waals surface area contributed by atoms with Gasteiger partial charge in [0.2, 0.25) is 0 Å². The van der Waals surface area contributed by atoms with Crippen LogP contribution in [0.2, 0.25) is 0 Å². The number of rotatable bonds is 5. The number of aliphatic imine (C=N–C) groups is 1. The summed E-state index contributed by atoms with van der Waals surface area (Å²) >= 11 is 0. The topological polar surface area (TPSA) is 54.2 Å². The Morgan fingerprint density at radius 2 is 2.16 bits per heavy atom. The van der Waals surface area contributed by atoms with Crippen molar-refractivity contribution in [3.8, 4) is 0 Å². The van der Waals surface area contributed by atoms with E-state index in [1.807, 2.05) is 11.7 Å². The first-order valence-electron chi connectivity index (χ1n) is 7.15. The van der Waals surface area contributed by atoms with Crippen LogP contribution in [0, 0.1) is 13.8 Å². The number of aryl methyl sites for hydroxylation is 2. The summed E-state index contributed by atoms with van der Waals surface area (Å²) < 4.78 is 1.95. The second-order valence-electron chi connectivity index (χ2n) is 5.20. The molecule has 106 valence electrons. The van der Waals surface area contributed by atoms with E-state index in [1.165, 1.54) is 24.1 Å². The third-order valence-corrected chi connectivity index (χ3v) is 3.55. The van der Waals surface area contributed by atoms with Gasteiger partial charge in [-0.1, -0.05) is 0 Å². The average molecular weight is 263 g/mol. The third-order valence-electron chi connectivity index (χ3n) is 3.55. The largest absolute Gasteiger partial charge is 0.357 e. The van der Waals surface area contributed by atoms with Crippen molar-refractivity contribution in [2.75, 3.05) is 13.1 Å². The first kappa shape index (κ1) is 13.9. The molecule has 19 heavy (non-hydrogen) atoms. The Labute approximate surface area is 115 Å². The van der Waals surface area contributed by atoms with Gasteiger partial charge in [0, 0.05) is 31.9 Å². The molecule has 0 amide bonds. The van der Waals surface area contributed by atoms with Crippen LogP contribution in [0.1, 0.15) is 36.7 Å². The molecule has 2 N–H and O–H groups in total. The van der Waals surface area contributed by atoms with Gasteiger partial charge in [0.15, 0.2) is 5.96 Å². The highest BCUT2D eigenvalue weighted by atomic mass is 15.3. The lowest BCUT2D eigenvalue weighted by Gasteiger charge is -2.10. The first-order chi connectivity index (χ1) is 9.11. The van der Waals surface area contributed by atoms with Gasteiger partial charge in [-0.2, -0.15) is 5.10 Å². The molecule has 1 fully saturated rings. The van der Waals surface area contributed by atoms with E-state index in [4.69, 9.17) is 0 Å². The number of nitrogens with one attached hydrogen (secondary N) is 2. The van der Waals surface area contributed by atoms with Gasteiger partial charge in [-0.05, 0) is 45.6 Å². The molecule has 2 rings (SSSR count). The van der Waals surface area contributed by atoms with Crippen LogP contribution in [0.5, 0.6) is 0 Å². The minimum Gasteiger partial charge on any atom is -0.357 e. The van der Waals surface area contributed by atoms with Gasteiger partial charge in [0.05, 0.1) is 5.69 Å². The molecule has 0 aliphatic heterocycles. The molecular weight excluding hydrogens is 238 g/mol. The number of aromatic nitrogens is 2. The molecule has 0 radical (unpaired) electrons. The van der Waals surface area contributed by atoms with Gasteiger partial charge in [0.25, 0.3) is 0 Å². The van der Waals surface area contributed by atoms with Crippen LogP contribution in [0.15, 0.2) is 4.99 Å². The first-order valence-corrected chi connectivity index (χ1v) is 7.15. The van der Waals surface area contributed by atoms with E-state index in [2.05, 4.69) is 41.5 Å². The van der Waals surface area contributed by atoms with Crippen molar-refractivity contribution in [2.45, 2.75) is 46.1 Å². The monoisotopic (exact) mass is 263 g/mol. The van der Waals surface area contributed by atoms with Crippen LogP contribution in [0.25, 0.3) is 0 Å². The normalized spacial score (nSPS) is 15.7. The third kappa shape index (κ3) is 3.72. The molecular formula is C14H25N5. The Hall–Kier alpha value is -1.52. The molecule has 0 saturated heterocycles. The molecule has 0 atom stereocenters. The van der Waals surface area contributed by atoms with E-state index in [9.17, 15) is 0 Å². The molecule has 1 aliphatic carbocycles. The molecule has 1 heterocycles. The van der Waals surface area contributed by atoms with E-state index in [-0.39, 0.29) is 0 Å². The smallest absolute Gasteiger partial charge is 0.191 e. The van der Waals surface area contributed by atoms with E-state index in [1.54, 1.807) is 0 Å². The summed E-state index contributed by atoms with van der Waals surface area (Å²) in [6.45, 7) is 7.99. The summed E-state index contributed by atoms with van der Waals surface area (Å²) in [5, 5.41) is 11.2. The lowest BCUT2D eigenvalue weighted by molar-refractivity contribution is 0.729. The van der Waals surface area contributed by atoms with E-state index in [0.717, 1.165) is 31.2 Å². The van der Waals surface area contributed by atoms with Crippen LogP contribution in [0.3, 0.4) is 0 Å². The van der Waals surface area contributed by atoms with Crippen LogP contribution in [0.4, 0.5) is 0 Å². The van der Waals surface area contributed by atoms with Crippen LogP contribution in [-0.4, -0.2) is 34.9 Å². The SMILES string of the molecule is CCNC(=NCCc1c(C)nn(C)c1C)NC1CC1. The maximum absolute atomic E-state index is 4.64. The van der Waals surface area contributed by atoms with Gasteiger partial charge in [0.1, 0.15) is 0 Å². The Balaban J connectivity index is 1.92. The van der Waals surface area contributed by atoms with Crippen molar-refractivity contribution in [1.29, 1.82) is 0 Å². The molecule has 0 unspecified atom stereocenters. The summed E-state index contributed by atoms with van der Waals surface area (Å²) in [6, 6.07) is 0.639. The van der Waals surface area contributed by atoms with Gasteiger partial charge in [-0.3, -0.25) is 9.67 Å². The average Bonchev–Trinajstić information content (AvgIpc) is 3.13. The maximum atomic E-state index is 4.64. The zero-order chi connectivity index (χ0) is 13.8. The van der Waals surface area contributed by atoms with Gasteiger partial charge >= 0.3 is 0 Å². The molecule has 1 aromatic heterocycles. The number of hydrogen-bond acceptors (Lipinski definition) is 2. The molecule has 1 saturated carbocycles. The fourth-order valence-corrected chi connectivity index (χ4v) is 2.20. The summed E-state index contributed by atoms with van der Waals surface area (Å²) in [5.74, 6) is 0.948. The quantitative estimate of drug-likeness (QED) is 0.622. The van der Waals surface area contributed by atoms with Crippen molar-refractivity contribution in [1.82, 2.24) is 20.4 Å². The van der Waals surface area contributed by atoms with Crippen LogP contribution >= 0.6 is 0 Å². The maximum Gasteiger partial charge on any atom is 0.191 e. The van der Waals surface area contributed by atoms with Gasteiger partial charge in [-0.25, -0.2) is 0 Å². The lowest BCUT2D eigenvalue weighted by Crippen LogP contribution is -2.38. The Morgan fingerprint density at radius 1 is 1.42 bits per heavy atom. The van der Waals surface area contributed by atoms with Crippen molar-refractivity contribution in [2.24, 2.45) is 12.0 Å². The molecule has 0 bridgehead atoms. The second-order valence-corrected chi connectivity index (χ2v) is 5.20. The van der Waals surface area contributed by atoms with E-state index < -0.39 is 0 Å². The Morgan fingerprint density at radius 3 is 2.68 bits per heavy atom. The van der Waals surface area contributed by atoms with Crippen molar-refractivity contribution < 1.29 is 0 Å². The highest BCUT2D eigenvalue weighted by Crippen LogP contribution is 2.18. The van der Waals surface area contributed by atoms with E-state index >= 15 is 0 Å². The highest BCUT2D eigenvalue weighted by Gasteiger charge is 2.22. The molecule has 1 aliphatic rings. The predicted molar refractivity (Wildman–Crippen MR) is 78.5 cm³/mol. The number of nitrogens with zero attached hydrogens (tertiary/aromatic N) is 3. The fraction of sp³-hybridized carbons (Fsp3) is 0.714. The molecule has 0 spiro atoms. The standard InChI is InChI=1S/C14H25N5/c1-5-15-14(17-12-6-7-12)16-9-8-13-10(2)18-19(4)11(13)3/h12H,5-9H2,1-4H3,(H2,15,16,17). The minimum absolute atomic E-state index is 0.639. The molecule has 1 aromatic rings. The number of hydrogen-bond donors (Lipinski definition) is 2. The van der Waals surface area contributed by atoms with Gasteiger partial charge < -0.3 is 10.6 Å². The predicted octanol–water partition coefficient (Wildman–Crippen LogP) is 1.30. The second kappa shape index (κ2) is 6.08. The zero-order valence-electron chi connectivity index (χ0n) is 12.5. The number of guanidine groups is 1. The lowest BCUT2D eigenvalue weighted by atomic mass is 10.1. The van der Waals surface area contributed by atoms with Crippen molar-refractivity contribution >= 4 is 5.96 Å². The van der Waals surface area contributed by atoms with Crippen LogP contribution in [-0.2, 0) is 13.5 Å². The fourth-order valence-electron chi connectivity index (χ4n) is 2.20. The molecule has 0 aromatic carbocycles. The van der Waals surface area contributed by atoms with E-state index in [0.29, 0.717) is 6.04 Å². The minimum atomic E-state index is 0.639. The Kier molecular flexibility index (Phi) is 4.45. The molecule has 5 heteroatoms. The summed E-state index contributed by atoms with van der Waals surface area (Å²) in [7, 11) is 1.99. The Bertz CT molecular complexity index is 457. The van der Waals surface area contributed by atoms with Gasteiger partial charge in [-0.15, -0.1) is 0 Å². The van der Waals surface area contributed by atoms with Crippen molar-refractivity contribution in [3.63, 3.8) is 0 Å². The van der Waals surface area contributed by atoms with Crippen molar-refractivity contribution in [3.05, 3.63) is 17.0 Å². The summed E-state index contributed by atoms with van der Waals surface area (Å²) in [4.78, 5) is 4.64. The highest BCUT2D eigenvalue weighted by molar-refractivity contribution is 5.80. The zero-order valence-corrected chi connectivity index (χ0v) is 12.5.